The Bertz CT molecular complexity index is 1300. The predicted molar refractivity (Wildman–Crippen MR) is 116 cm³/mol. The zero-order valence-corrected chi connectivity index (χ0v) is 17.0. The molecule has 0 unspecified atom stereocenters. The number of carbonyl (C=O) groups excluding carboxylic acids is 2. The number of rotatable bonds is 1. The van der Waals surface area contributed by atoms with Crippen LogP contribution in [-0.2, 0) is 23.7 Å². The molecule has 0 saturated carbocycles. The maximum atomic E-state index is 11.8. The summed E-state index contributed by atoms with van der Waals surface area (Å²) >= 11 is 0. The molecular weight excluding hydrogens is 362 g/mol. The number of nitrogens with zero attached hydrogens (tertiary/aromatic N) is 2. The molecule has 3 heterocycles. The third kappa shape index (κ3) is 3.25. The van der Waals surface area contributed by atoms with Gasteiger partial charge in [0.15, 0.2) is 0 Å². The fraction of sp³-hybridized carbons (Fsp3) is 0.167. The highest BCUT2D eigenvalue weighted by molar-refractivity contribution is 6.37. The molecule has 2 aromatic carbocycles. The highest BCUT2D eigenvalue weighted by Crippen LogP contribution is 2.31. The number of amides is 2. The molecule has 0 radical (unpaired) electrons. The fourth-order valence-electron chi connectivity index (χ4n) is 3.78. The zero-order valence-electron chi connectivity index (χ0n) is 17.0. The molecular formula is C24H23N3O2. The van der Waals surface area contributed by atoms with Gasteiger partial charge in [0.25, 0.3) is 11.8 Å². The van der Waals surface area contributed by atoms with Crippen LogP contribution in [0.15, 0.2) is 66.5 Å². The zero-order chi connectivity index (χ0) is 20.7. The largest absolute Gasteiger partial charge is 0.351 e. The first-order valence-electron chi connectivity index (χ1n) is 9.49. The normalized spacial score (nSPS) is 13.8. The lowest BCUT2D eigenvalue weighted by Gasteiger charge is -1.98. The molecule has 1 aliphatic heterocycles. The molecule has 1 aliphatic rings. The molecule has 0 fully saturated rings. The van der Waals surface area contributed by atoms with Gasteiger partial charge in [0.1, 0.15) is 0 Å². The van der Waals surface area contributed by atoms with E-state index in [0.717, 1.165) is 16.5 Å². The van der Waals surface area contributed by atoms with Gasteiger partial charge in [-0.05, 0) is 43.0 Å². The van der Waals surface area contributed by atoms with Gasteiger partial charge in [0, 0.05) is 54.0 Å². The third-order valence-electron chi connectivity index (χ3n) is 5.38. The van der Waals surface area contributed by atoms with Crippen LogP contribution in [0.2, 0.25) is 0 Å². The van der Waals surface area contributed by atoms with Gasteiger partial charge in [-0.15, -0.1) is 0 Å². The molecule has 146 valence electrons. The first kappa shape index (κ1) is 18.7. The molecule has 5 heteroatoms. The maximum absolute atomic E-state index is 11.8. The second kappa shape index (κ2) is 7.09. The smallest absolute Gasteiger partial charge is 0.259 e. The number of aromatic nitrogens is 2. The number of fused-ring (bicyclic) bond motifs is 2. The van der Waals surface area contributed by atoms with Gasteiger partial charge in [-0.2, -0.15) is 0 Å². The molecule has 0 atom stereocenters. The summed E-state index contributed by atoms with van der Waals surface area (Å²) in [7, 11) is 4.00. The van der Waals surface area contributed by atoms with Crippen LogP contribution in [0.4, 0.5) is 0 Å². The van der Waals surface area contributed by atoms with Gasteiger partial charge in [-0.1, -0.05) is 30.3 Å². The van der Waals surface area contributed by atoms with E-state index < -0.39 is 0 Å². The first-order valence-corrected chi connectivity index (χ1v) is 9.49. The van der Waals surface area contributed by atoms with E-state index in [-0.39, 0.29) is 11.8 Å². The van der Waals surface area contributed by atoms with Crippen LogP contribution < -0.4 is 5.32 Å². The molecule has 4 aromatic rings. The van der Waals surface area contributed by atoms with Crippen molar-refractivity contribution in [1.82, 2.24) is 14.5 Å². The number of hydrogen-bond donors (Lipinski definition) is 1. The van der Waals surface area contributed by atoms with Gasteiger partial charge < -0.3 is 9.13 Å². The minimum absolute atomic E-state index is 0.303. The van der Waals surface area contributed by atoms with E-state index in [1.165, 1.54) is 16.5 Å². The molecule has 0 spiro atoms. The van der Waals surface area contributed by atoms with Crippen LogP contribution in [0.1, 0.15) is 18.1 Å². The average Bonchev–Trinajstić information content (AvgIpc) is 3.31. The highest BCUT2D eigenvalue weighted by atomic mass is 16.2. The van der Waals surface area contributed by atoms with Crippen molar-refractivity contribution >= 4 is 39.2 Å². The topological polar surface area (TPSA) is 56.0 Å². The lowest BCUT2D eigenvalue weighted by atomic mass is 10.0. The highest BCUT2D eigenvalue weighted by Gasteiger charge is 2.29. The predicted octanol–water partition coefficient (Wildman–Crippen LogP) is 4.09. The van der Waals surface area contributed by atoms with E-state index in [9.17, 15) is 9.59 Å². The standard InChI is InChI=1S/C14H12N2O2.C10H11N/c1-8-12(14(18)15-13(8)17)10-7-16(2)11-6-4-3-5-9(10)11;1-8-3-4-9-5-6-11(2)10(9)7-8/h3-7H,1-2H3,(H,15,17,18);3-7H,1-2H3. The Hall–Kier alpha value is -3.60. The van der Waals surface area contributed by atoms with Crippen molar-refractivity contribution < 1.29 is 9.59 Å². The lowest BCUT2D eigenvalue weighted by molar-refractivity contribution is -0.123. The van der Waals surface area contributed by atoms with Gasteiger partial charge in [-0.25, -0.2) is 0 Å². The van der Waals surface area contributed by atoms with E-state index >= 15 is 0 Å². The minimum atomic E-state index is -0.311. The van der Waals surface area contributed by atoms with E-state index in [2.05, 4.69) is 54.3 Å². The quantitative estimate of drug-likeness (QED) is 0.502. The molecule has 5 rings (SSSR count). The summed E-state index contributed by atoms with van der Waals surface area (Å²) in [6.07, 6.45) is 3.98. The van der Waals surface area contributed by atoms with Crippen molar-refractivity contribution in [3.8, 4) is 0 Å². The summed E-state index contributed by atoms with van der Waals surface area (Å²) in [4.78, 5) is 23.4. The first-order chi connectivity index (χ1) is 13.9. The number of carbonyl (C=O) groups is 2. The lowest BCUT2D eigenvalue weighted by Crippen LogP contribution is -2.22. The van der Waals surface area contributed by atoms with E-state index in [1.54, 1.807) is 6.92 Å². The second-order valence-corrected chi connectivity index (χ2v) is 7.44. The summed E-state index contributed by atoms with van der Waals surface area (Å²) < 4.78 is 4.10. The molecule has 0 aliphatic carbocycles. The molecule has 0 saturated heterocycles. The summed E-state index contributed by atoms with van der Waals surface area (Å²) in [6, 6.07) is 16.5. The Labute approximate surface area is 169 Å². The van der Waals surface area contributed by atoms with Crippen molar-refractivity contribution in [3.63, 3.8) is 0 Å². The average molecular weight is 385 g/mol. The van der Waals surface area contributed by atoms with Gasteiger partial charge >= 0.3 is 0 Å². The van der Waals surface area contributed by atoms with E-state index in [4.69, 9.17) is 0 Å². The summed E-state index contributed by atoms with van der Waals surface area (Å²) in [5.74, 6) is -0.614. The van der Waals surface area contributed by atoms with Crippen LogP contribution in [-0.4, -0.2) is 20.9 Å². The van der Waals surface area contributed by atoms with Crippen LogP contribution in [0.25, 0.3) is 27.4 Å². The van der Waals surface area contributed by atoms with E-state index in [0.29, 0.717) is 11.1 Å². The minimum Gasteiger partial charge on any atom is -0.351 e. The fourth-order valence-corrected chi connectivity index (χ4v) is 3.78. The molecule has 2 aromatic heterocycles. The van der Waals surface area contributed by atoms with E-state index in [1.807, 2.05) is 42.1 Å². The van der Waals surface area contributed by atoms with Gasteiger partial charge in [-0.3, -0.25) is 14.9 Å². The molecule has 29 heavy (non-hydrogen) atoms. The summed E-state index contributed by atoms with van der Waals surface area (Å²) in [5, 5.41) is 4.63. The number of imide groups is 1. The van der Waals surface area contributed by atoms with Crippen LogP contribution >= 0.6 is 0 Å². The monoisotopic (exact) mass is 385 g/mol. The summed E-state index contributed by atoms with van der Waals surface area (Å²) in [6.45, 7) is 3.80. The Morgan fingerprint density at radius 2 is 1.59 bits per heavy atom. The van der Waals surface area contributed by atoms with Gasteiger partial charge in [0.05, 0.1) is 5.57 Å². The molecule has 0 bridgehead atoms. The number of aryl methyl sites for hydroxylation is 3. The Kier molecular flexibility index (Phi) is 4.59. The number of benzene rings is 2. The Morgan fingerprint density at radius 3 is 2.31 bits per heavy atom. The third-order valence-corrected chi connectivity index (χ3v) is 5.38. The van der Waals surface area contributed by atoms with Crippen LogP contribution in [0.3, 0.4) is 0 Å². The van der Waals surface area contributed by atoms with Crippen molar-refractivity contribution in [1.29, 1.82) is 0 Å². The molecule has 5 nitrogen and oxygen atoms in total. The Balaban J connectivity index is 0.000000159. The van der Waals surface area contributed by atoms with Crippen molar-refractivity contribution in [3.05, 3.63) is 77.6 Å². The van der Waals surface area contributed by atoms with Crippen molar-refractivity contribution in [2.75, 3.05) is 0 Å². The maximum Gasteiger partial charge on any atom is 0.259 e. The van der Waals surface area contributed by atoms with Crippen molar-refractivity contribution in [2.45, 2.75) is 13.8 Å². The number of hydrogen-bond acceptors (Lipinski definition) is 2. The number of nitrogens with one attached hydrogen (secondary N) is 1. The molecule has 2 amide bonds. The number of para-hydroxylation sites is 1. The van der Waals surface area contributed by atoms with Gasteiger partial charge in [0.2, 0.25) is 0 Å². The van der Waals surface area contributed by atoms with Crippen molar-refractivity contribution in [2.24, 2.45) is 14.1 Å². The van der Waals surface area contributed by atoms with Crippen LogP contribution in [0.5, 0.6) is 0 Å². The summed E-state index contributed by atoms with van der Waals surface area (Å²) in [5.41, 5.74) is 5.45. The SMILES string of the molecule is CC1=C(c2cn(C)c3ccccc23)C(=O)NC1=O.Cc1ccc2ccn(C)c2c1. The molecule has 1 N–H and O–H groups in total. The second-order valence-electron chi connectivity index (χ2n) is 7.44. The Morgan fingerprint density at radius 1 is 0.828 bits per heavy atom. The van der Waals surface area contributed by atoms with Crippen LogP contribution in [0, 0.1) is 6.92 Å².